The number of rotatable bonds is 4. The van der Waals surface area contributed by atoms with Crippen LogP contribution in [0.4, 0.5) is 4.79 Å². The Morgan fingerprint density at radius 3 is 2.62 bits per heavy atom. The normalized spacial score (nSPS) is 26.9. The molecule has 0 saturated carbocycles. The van der Waals surface area contributed by atoms with Gasteiger partial charge in [0.15, 0.2) is 0 Å². The van der Waals surface area contributed by atoms with Gasteiger partial charge in [0.2, 0.25) is 0 Å². The molecule has 6 nitrogen and oxygen atoms in total. The molecule has 1 unspecified atom stereocenters. The van der Waals surface area contributed by atoms with E-state index in [2.05, 4.69) is 12.2 Å². The lowest BCUT2D eigenvalue weighted by molar-refractivity contribution is -0.147. The Labute approximate surface area is 126 Å². The van der Waals surface area contributed by atoms with Crippen LogP contribution in [0.1, 0.15) is 46.0 Å². The number of piperidine rings is 1. The average Bonchev–Trinajstić information content (AvgIpc) is 2.88. The number of amides is 2. The van der Waals surface area contributed by atoms with E-state index in [1.807, 2.05) is 4.90 Å². The molecule has 2 N–H and O–H groups in total. The fraction of sp³-hybridized carbons (Fsp3) is 0.867. The highest BCUT2D eigenvalue weighted by Gasteiger charge is 2.47. The van der Waals surface area contributed by atoms with E-state index >= 15 is 0 Å². The molecule has 0 bridgehead atoms. The molecule has 2 saturated heterocycles. The highest BCUT2D eigenvalue weighted by Crippen LogP contribution is 2.31. The number of carboxylic acids is 1. The molecule has 0 aliphatic carbocycles. The molecular formula is C15H27N3O3. The number of urea groups is 1. The van der Waals surface area contributed by atoms with Gasteiger partial charge in [-0.05, 0) is 52.1 Å². The Balaban J connectivity index is 2.15. The molecule has 2 amide bonds. The first-order valence-corrected chi connectivity index (χ1v) is 8.03. The summed E-state index contributed by atoms with van der Waals surface area (Å²) < 4.78 is 0. The summed E-state index contributed by atoms with van der Waals surface area (Å²) in [5, 5.41) is 12.8. The van der Waals surface area contributed by atoms with Crippen LogP contribution in [-0.2, 0) is 4.79 Å². The average molecular weight is 297 g/mol. The summed E-state index contributed by atoms with van der Waals surface area (Å²) in [6.07, 6.45) is 4.10. The van der Waals surface area contributed by atoms with Gasteiger partial charge in [0.1, 0.15) is 5.54 Å². The van der Waals surface area contributed by atoms with E-state index in [0.29, 0.717) is 19.5 Å². The summed E-state index contributed by atoms with van der Waals surface area (Å²) in [5.74, 6) is -0.893. The lowest BCUT2D eigenvalue weighted by Gasteiger charge is -2.40. The number of nitrogens with one attached hydrogen (secondary N) is 1. The van der Waals surface area contributed by atoms with Crippen LogP contribution in [0.3, 0.4) is 0 Å². The Bertz CT molecular complexity index is 396. The summed E-state index contributed by atoms with van der Waals surface area (Å²) in [6.45, 7) is 6.83. The summed E-state index contributed by atoms with van der Waals surface area (Å²) in [4.78, 5) is 28.0. The third-order valence-corrected chi connectivity index (χ3v) is 4.79. The predicted octanol–water partition coefficient (Wildman–Crippen LogP) is 1.51. The molecule has 0 spiro atoms. The van der Waals surface area contributed by atoms with Crippen molar-refractivity contribution >= 4 is 12.0 Å². The van der Waals surface area contributed by atoms with Crippen molar-refractivity contribution in [2.75, 3.05) is 26.2 Å². The molecular weight excluding hydrogens is 270 g/mol. The highest BCUT2D eigenvalue weighted by molar-refractivity contribution is 5.86. The van der Waals surface area contributed by atoms with E-state index in [4.69, 9.17) is 0 Å². The molecule has 2 fully saturated rings. The Hall–Kier alpha value is -1.30. The molecule has 2 aliphatic heterocycles. The quantitative estimate of drug-likeness (QED) is 0.825. The van der Waals surface area contributed by atoms with Crippen molar-refractivity contribution in [2.45, 2.75) is 57.5 Å². The van der Waals surface area contributed by atoms with Gasteiger partial charge in [-0.1, -0.05) is 6.92 Å². The van der Waals surface area contributed by atoms with E-state index in [1.165, 1.54) is 0 Å². The van der Waals surface area contributed by atoms with Crippen molar-refractivity contribution in [1.82, 2.24) is 15.1 Å². The smallest absolute Gasteiger partial charge is 0.329 e. The minimum Gasteiger partial charge on any atom is -0.480 e. The van der Waals surface area contributed by atoms with Gasteiger partial charge in [0.05, 0.1) is 0 Å². The monoisotopic (exact) mass is 297 g/mol. The topological polar surface area (TPSA) is 72.9 Å². The van der Waals surface area contributed by atoms with Crippen LogP contribution < -0.4 is 5.32 Å². The van der Waals surface area contributed by atoms with E-state index < -0.39 is 11.5 Å². The number of likely N-dealkylation sites (tertiary alicyclic amines) is 1. The third kappa shape index (κ3) is 3.15. The maximum atomic E-state index is 12.9. The number of hydrogen-bond acceptors (Lipinski definition) is 3. The van der Waals surface area contributed by atoms with Crippen LogP contribution in [0.2, 0.25) is 0 Å². The Morgan fingerprint density at radius 1 is 1.38 bits per heavy atom. The summed E-state index contributed by atoms with van der Waals surface area (Å²) in [7, 11) is 0. The van der Waals surface area contributed by atoms with E-state index in [0.717, 1.165) is 38.8 Å². The molecule has 21 heavy (non-hydrogen) atoms. The zero-order valence-electron chi connectivity index (χ0n) is 13.1. The number of nitrogens with zero attached hydrogens (tertiary/aromatic N) is 2. The van der Waals surface area contributed by atoms with Crippen LogP contribution in [-0.4, -0.2) is 64.7 Å². The third-order valence-electron chi connectivity index (χ3n) is 4.79. The first kappa shape index (κ1) is 16.1. The highest BCUT2D eigenvalue weighted by atomic mass is 16.4. The zero-order chi connectivity index (χ0) is 15.5. The van der Waals surface area contributed by atoms with Gasteiger partial charge in [0, 0.05) is 19.1 Å². The molecule has 2 heterocycles. The van der Waals surface area contributed by atoms with Crippen molar-refractivity contribution in [3.8, 4) is 0 Å². The summed E-state index contributed by atoms with van der Waals surface area (Å²) in [5.41, 5.74) is -1.05. The van der Waals surface area contributed by atoms with Gasteiger partial charge in [-0.2, -0.15) is 0 Å². The van der Waals surface area contributed by atoms with Crippen LogP contribution in [0.25, 0.3) is 0 Å². The number of carbonyl (C=O) groups is 2. The van der Waals surface area contributed by atoms with Crippen molar-refractivity contribution < 1.29 is 14.7 Å². The molecule has 2 aliphatic rings. The molecule has 0 radical (unpaired) electrons. The van der Waals surface area contributed by atoms with E-state index in [9.17, 15) is 14.7 Å². The minimum absolute atomic E-state index is 0.0915. The lowest BCUT2D eigenvalue weighted by Crippen LogP contribution is -2.58. The molecule has 2 rings (SSSR count). The SMILES string of the molecule is CCCN(C(=O)N1CCCC1(C)C(=O)O)C1CCNCC1. The molecule has 1 atom stereocenters. The van der Waals surface area contributed by atoms with E-state index in [-0.39, 0.29) is 12.1 Å². The first-order chi connectivity index (χ1) is 10.0. The van der Waals surface area contributed by atoms with Gasteiger partial charge < -0.3 is 20.2 Å². The molecule has 120 valence electrons. The fourth-order valence-electron chi connectivity index (χ4n) is 3.44. The number of carboxylic acid groups (broad SMARTS) is 1. The number of aliphatic carboxylic acids is 1. The maximum absolute atomic E-state index is 12.9. The number of carbonyl (C=O) groups excluding carboxylic acids is 1. The zero-order valence-corrected chi connectivity index (χ0v) is 13.1. The lowest BCUT2D eigenvalue weighted by atomic mass is 9.99. The molecule has 0 aromatic rings. The predicted molar refractivity (Wildman–Crippen MR) is 80.3 cm³/mol. The Morgan fingerprint density at radius 2 is 2.05 bits per heavy atom. The second kappa shape index (κ2) is 6.64. The molecule has 6 heteroatoms. The second-order valence-electron chi connectivity index (χ2n) is 6.29. The van der Waals surface area contributed by atoms with Crippen molar-refractivity contribution in [3.05, 3.63) is 0 Å². The standard InChI is InChI=1S/C15H27N3O3/c1-3-10-17(12-5-8-16-9-6-12)14(21)18-11-4-7-15(18,2)13(19)20/h12,16H,3-11H2,1-2H3,(H,19,20). The van der Waals surface area contributed by atoms with Gasteiger partial charge in [-0.25, -0.2) is 9.59 Å². The second-order valence-corrected chi connectivity index (χ2v) is 6.29. The number of hydrogen-bond donors (Lipinski definition) is 2. The van der Waals surface area contributed by atoms with Gasteiger partial charge >= 0.3 is 12.0 Å². The Kier molecular flexibility index (Phi) is 5.08. The van der Waals surface area contributed by atoms with Gasteiger partial charge in [-0.3, -0.25) is 0 Å². The van der Waals surface area contributed by atoms with E-state index in [1.54, 1.807) is 11.8 Å². The molecule has 0 aromatic heterocycles. The van der Waals surface area contributed by atoms with Crippen molar-refractivity contribution in [3.63, 3.8) is 0 Å². The van der Waals surface area contributed by atoms with Gasteiger partial charge in [-0.15, -0.1) is 0 Å². The first-order valence-electron chi connectivity index (χ1n) is 8.03. The molecule has 0 aromatic carbocycles. The minimum atomic E-state index is -1.05. The van der Waals surface area contributed by atoms with Crippen LogP contribution in [0.5, 0.6) is 0 Å². The fourth-order valence-corrected chi connectivity index (χ4v) is 3.44. The van der Waals surface area contributed by atoms with Crippen LogP contribution in [0, 0.1) is 0 Å². The van der Waals surface area contributed by atoms with Crippen LogP contribution in [0.15, 0.2) is 0 Å². The largest absolute Gasteiger partial charge is 0.480 e. The van der Waals surface area contributed by atoms with Crippen LogP contribution >= 0.6 is 0 Å². The summed E-state index contributed by atoms with van der Waals surface area (Å²) >= 11 is 0. The van der Waals surface area contributed by atoms with Crippen molar-refractivity contribution in [2.24, 2.45) is 0 Å². The summed E-state index contributed by atoms with van der Waals surface area (Å²) in [6, 6.07) is 0.142. The van der Waals surface area contributed by atoms with Gasteiger partial charge in [0.25, 0.3) is 0 Å². The maximum Gasteiger partial charge on any atom is 0.329 e. The van der Waals surface area contributed by atoms with Crippen molar-refractivity contribution in [1.29, 1.82) is 0 Å².